The predicted octanol–water partition coefficient (Wildman–Crippen LogP) is 1.32. The van der Waals surface area contributed by atoms with Gasteiger partial charge in [-0.15, -0.1) is 0 Å². The van der Waals surface area contributed by atoms with E-state index in [9.17, 15) is 0 Å². The van der Waals surface area contributed by atoms with Crippen LogP contribution in [-0.2, 0) is 0 Å². The van der Waals surface area contributed by atoms with Gasteiger partial charge in [0.2, 0.25) is 0 Å². The van der Waals surface area contributed by atoms with Gasteiger partial charge in [-0.25, -0.2) is 0 Å². The van der Waals surface area contributed by atoms with E-state index in [1.807, 2.05) is 6.34 Å². The molecular formula is C8H17N3. The van der Waals surface area contributed by atoms with Crippen molar-refractivity contribution >= 4 is 6.34 Å². The van der Waals surface area contributed by atoms with Gasteiger partial charge in [0.15, 0.2) is 0 Å². The van der Waals surface area contributed by atoms with Crippen molar-refractivity contribution in [1.82, 2.24) is 9.91 Å². The van der Waals surface area contributed by atoms with Gasteiger partial charge in [-0.05, 0) is 20.3 Å². The molecule has 1 aliphatic heterocycles. The molecule has 3 nitrogen and oxygen atoms in total. The van der Waals surface area contributed by atoms with E-state index >= 15 is 0 Å². The first-order valence-corrected chi connectivity index (χ1v) is 4.36. The van der Waals surface area contributed by atoms with Gasteiger partial charge < -0.3 is 4.90 Å². The topological polar surface area (TPSA) is 18.8 Å². The molecule has 1 rings (SSSR count). The Morgan fingerprint density at radius 3 is 2.64 bits per heavy atom. The van der Waals surface area contributed by atoms with E-state index in [0.717, 1.165) is 13.1 Å². The van der Waals surface area contributed by atoms with Crippen LogP contribution in [0.1, 0.15) is 27.2 Å². The van der Waals surface area contributed by atoms with Gasteiger partial charge in [-0.3, -0.25) is 5.01 Å². The molecule has 0 N–H and O–H groups in total. The van der Waals surface area contributed by atoms with Crippen LogP contribution in [0.15, 0.2) is 5.10 Å². The fourth-order valence-electron chi connectivity index (χ4n) is 1.32. The molecule has 0 aromatic rings. The van der Waals surface area contributed by atoms with Crippen LogP contribution in [0.2, 0.25) is 0 Å². The van der Waals surface area contributed by atoms with Crippen molar-refractivity contribution in [2.45, 2.75) is 33.4 Å². The van der Waals surface area contributed by atoms with E-state index in [1.54, 1.807) is 0 Å². The number of nitrogens with zero attached hydrogens (tertiary/aromatic N) is 3. The first kappa shape index (κ1) is 8.37. The maximum absolute atomic E-state index is 4.29. The number of rotatable bonds is 3. The van der Waals surface area contributed by atoms with Gasteiger partial charge in [0.05, 0.1) is 0 Å². The second kappa shape index (κ2) is 3.60. The van der Waals surface area contributed by atoms with E-state index < -0.39 is 0 Å². The molecule has 0 saturated carbocycles. The zero-order valence-electron chi connectivity index (χ0n) is 7.62. The zero-order chi connectivity index (χ0) is 8.27. The summed E-state index contributed by atoms with van der Waals surface area (Å²) in [6.07, 6.45) is 3.56. The molecule has 1 heterocycles. The Morgan fingerprint density at radius 2 is 2.18 bits per heavy atom. The number of hydrogen-bond donors (Lipinski definition) is 0. The Morgan fingerprint density at radius 1 is 1.45 bits per heavy atom. The lowest BCUT2D eigenvalue weighted by molar-refractivity contribution is 0.151. The highest BCUT2D eigenvalue weighted by Crippen LogP contribution is 2.10. The number of hydrogen-bond acceptors (Lipinski definition) is 3. The van der Waals surface area contributed by atoms with Crippen LogP contribution >= 0.6 is 0 Å². The van der Waals surface area contributed by atoms with Crippen molar-refractivity contribution in [2.24, 2.45) is 5.10 Å². The monoisotopic (exact) mass is 155 g/mol. The van der Waals surface area contributed by atoms with E-state index in [0.29, 0.717) is 6.17 Å². The molecule has 0 amide bonds. The highest BCUT2D eigenvalue weighted by molar-refractivity contribution is 5.56. The molecule has 0 bridgehead atoms. The van der Waals surface area contributed by atoms with Crippen LogP contribution in [0.3, 0.4) is 0 Å². The molecule has 0 fully saturated rings. The highest BCUT2D eigenvalue weighted by atomic mass is 15.6. The Bertz CT molecular complexity index is 144. The third kappa shape index (κ3) is 1.64. The third-order valence-electron chi connectivity index (χ3n) is 2.08. The number of hydrazone groups is 1. The lowest BCUT2D eigenvalue weighted by atomic mass is 10.4. The quantitative estimate of drug-likeness (QED) is 0.612. The summed E-state index contributed by atoms with van der Waals surface area (Å²) < 4.78 is 0. The maximum Gasteiger partial charge on any atom is 0.116 e. The summed E-state index contributed by atoms with van der Waals surface area (Å²) in [7, 11) is 0. The molecule has 11 heavy (non-hydrogen) atoms. The summed E-state index contributed by atoms with van der Waals surface area (Å²) in [6, 6.07) is 0. The molecule has 0 spiro atoms. The molecule has 0 saturated heterocycles. The molecule has 0 radical (unpaired) electrons. The Hall–Kier alpha value is -0.730. The largest absolute Gasteiger partial charge is 0.340 e. The van der Waals surface area contributed by atoms with Gasteiger partial charge in [-0.1, -0.05) is 6.92 Å². The second-order valence-corrected chi connectivity index (χ2v) is 2.86. The minimum Gasteiger partial charge on any atom is -0.340 e. The van der Waals surface area contributed by atoms with Crippen molar-refractivity contribution in [2.75, 3.05) is 13.1 Å². The van der Waals surface area contributed by atoms with Gasteiger partial charge in [0.25, 0.3) is 0 Å². The predicted molar refractivity (Wildman–Crippen MR) is 47.3 cm³/mol. The van der Waals surface area contributed by atoms with Gasteiger partial charge >= 0.3 is 0 Å². The van der Waals surface area contributed by atoms with Crippen LogP contribution < -0.4 is 0 Å². The average molecular weight is 155 g/mol. The Balaban J connectivity index is 2.42. The first-order chi connectivity index (χ1) is 5.29. The molecule has 0 aromatic carbocycles. The molecule has 0 aromatic heterocycles. The average Bonchev–Trinajstić information content (AvgIpc) is 2.34. The van der Waals surface area contributed by atoms with E-state index in [2.05, 4.69) is 35.8 Å². The van der Waals surface area contributed by atoms with E-state index in [4.69, 9.17) is 0 Å². The van der Waals surface area contributed by atoms with E-state index in [1.165, 1.54) is 6.42 Å². The minimum absolute atomic E-state index is 0.458. The normalized spacial score (nSPS) is 23.4. The zero-order valence-corrected chi connectivity index (χ0v) is 7.62. The van der Waals surface area contributed by atoms with Crippen LogP contribution in [0.5, 0.6) is 0 Å². The van der Waals surface area contributed by atoms with Crippen LogP contribution in [0, 0.1) is 0 Å². The molecule has 1 aliphatic rings. The summed E-state index contributed by atoms with van der Waals surface area (Å²) >= 11 is 0. The van der Waals surface area contributed by atoms with E-state index in [-0.39, 0.29) is 0 Å². The van der Waals surface area contributed by atoms with Crippen molar-refractivity contribution in [1.29, 1.82) is 0 Å². The fraction of sp³-hybridized carbons (Fsp3) is 0.875. The standard InChI is InChI=1S/C8H17N3/c1-4-6-11-8(3)10(5-2)7-9-11/h7-8H,4-6H2,1-3H3. The van der Waals surface area contributed by atoms with Gasteiger partial charge in [0, 0.05) is 13.1 Å². The molecular weight excluding hydrogens is 138 g/mol. The summed E-state index contributed by atoms with van der Waals surface area (Å²) in [5, 5.41) is 6.42. The first-order valence-electron chi connectivity index (χ1n) is 4.36. The maximum atomic E-state index is 4.29. The summed E-state index contributed by atoms with van der Waals surface area (Å²) in [4.78, 5) is 2.23. The molecule has 0 aliphatic carbocycles. The van der Waals surface area contributed by atoms with Crippen molar-refractivity contribution in [3.63, 3.8) is 0 Å². The van der Waals surface area contributed by atoms with Crippen LogP contribution in [-0.4, -0.2) is 35.5 Å². The lowest BCUT2D eigenvalue weighted by Crippen LogP contribution is -2.37. The van der Waals surface area contributed by atoms with Crippen LogP contribution in [0.4, 0.5) is 0 Å². The van der Waals surface area contributed by atoms with Crippen molar-refractivity contribution in [3.8, 4) is 0 Å². The Labute approximate surface area is 68.7 Å². The summed E-state index contributed by atoms with van der Waals surface area (Å²) in [5.74, 6) is 0. The van der Waals surface area contributed by atoms with Crippen molar-refractivity contribution < 1.29 is 0 Å². The van der Waals surface area contributed by atoms with Gasteiger partial charge in [-0.2, -0.15) is 5.10 Å². The lowest BCUT2D eigenvalue weighted by Gasteiger charge is -2.25. The molecule has 1 unspecified atom stereocenters. The van der Waals surface area contributed by atoms with Crippen molar-refractivity contribution in [3.05, 3.63) is 0 Å². The molecule has 64 valence electrons. The third-order valence-corrected chi connectivity index (χ3v) is 2.08. The summed E-state index contributed by atoms with van der Waals surface area (Å²) in [6.45, 7) is 8.63. The smallest absolute Gasteiger partial charge is 0.116 e. The molecule has 1 atom stereocenters. The SMILES string of the molecule is CCCN1N=CN(CC)C1C. The fourth-order valence-corrected chi connectivity index (χ4v) is 1.32. The Kier molecular flexibility index (Phi) is 2.74. The highest BCUT2D eigenvalue weighted by Gasteiger charge is 2.20. The minimum atomic E-state index is 0.458. The van der Waals surface area contributed by atoms with Crippen LogP contribution in [0.25, 0.3) is 0 Å². The summed E-state index contributed by atoms with van der Waals surface area (Å²) in [5.41, 5.74) is 0. The van der Waals surface area contributed by atoms with Gasteiger partial charge in [0.1, 0.15) is 12.5 Å². The second-order valence-electron chi connectivity index (χ2n) is 2.86. The molecule has 3 heteroatoms.